The van der Waals surface area contributed by atoms with Gasteiger partial charge in [-0.2, -0.15) is 0 Å². The molecule has 2 nitrogen and oxygen atoms in total. The summed E-state index contributed by atoms with van der Waals surface area (Å²) in [6.07, 6.45) is 0. The van der Waals surface area contributed by atoms with Crippen molar-refractivity contribution in [3.63, 3.8) is 0 Å². The first-order chi connectivity index (χ1) is 5.83. The Kier molecular flexibility index (Phi) is 6.48. The van der Waals surface area contributed by atoms with Crippen molar-refractivity contribution < 1.29 is 9.15 Å². The highest BCUT2D eigenvalue weighted by molar-refractivity contribution is 5.04. The van der Waals surface area contributed by atoms with Crippen LogP contribution in [0.4, 0.5) is 0 Å². The third-order valence-corrected chi connectivity index (χ3v) is 1.24. The SMILES string of the molecule is CC.CCOCc1ccc(C)o1. The number of furan rings is 1. The Morgan fingerprint density at radius 1 is 1.33 bits per heavy atom. The van der Waals surface area contributed by atoms with Gasteiger partial charge >= 0.3 is 0 Å². The summed E-state index contributed by atoms with van der Waals surface area (Å²) in [5.74, 6) is 1.84. The number of aryl methyl sites for hydroxylation is 1. The van der Waals surface area contributed by atoms with E-state index in [1.165, 1.54) is 0 Å². The third-order valence-electron chi connectivity index (χ3n) is 1.24. The molecule has 0 N–H and O–H groups in total. The van der Waals surface area contributed by atoms with Gasteiger partial charge in [0.1, 0.15) is 18.1 Å². The lowest BCUT2D eigenvalue weighted by molar-refractivity contribution is 0.117. The van der Waals surface area contributed by atoms with Crippen LogP contribution in [0.2, 0.25) is 0 Å². The van der Waals surface area contributed by atoms with E-state index >= 15 is 0 Å². The molecule has 0 aliphatic rings. The molecule has 0 saturated heterocycles. The summed E-state index contributed by atoms with van der Waals surface area (Å²) in [5, 5.41) is 0. The first kappa shape index (κ1) is 11.2. The average Bonchev–Trinajstić information content (AvgIpc) is 2.51. The summed E-state index contributed by atoms with van der Waals surface area (Å²) in [6, 6.07) is 3.87. The number of rotatable bonds is 3. The minimum absolute atomic E-state index is 0.588. The van der Waals surface area contributed by atoms with Crippen LogP contribution < -0.4 is 0 Å². The highest BCUT2D eigenvalue weighted by Crippen LogP contribution is 2.06. The van der Waals surface area contributed by atoms with Crippen LogP contribution in [0.5, 0.6) is 0 Å². The average molecular weight is 170 g/mol. The summed E-state index contributed by atoms with van der Waals surface area (Å²) in [5.41, 5.74) is 0. The fourth-order valence-corrected chi connectivity index (χ4v) is 0.765. The minimum Gasteiger partial charge on any atom is -0.464 e. The summed E-state index contributed by atoms with van der Waals surface area (Å²) < 4.78 is 10.4. The smallest absolute Gasteiger partial charge is 0.129 e. The molecule has 0 radical (unpaired) electrons. The molecule has 0 bridgehead atoms. The first-order valence-corrected chi connectivity index (χ1v) is 4.46. The summed E-state index contributed by atoms with van der Waals surface area (Å²) in [7, 11) is 0. The lowest BCUT2D eigenvalue weighted by atomic mass is 10.4. The Hall–Kier alpha value is -0.760. The zero-order chi connectivity index (χ0) is 9.40. The van der Waals surface area contributed by atoms with Gasteiger partial charge in [-0.25, -0.2) is 0 Å². The van der Waals surface area contributed by atoms with Gasteiger partial charge in [0.15, 0.2) is 0 Å². The fourth-order valence-electron chi connectivity index (χ4n) is 0.765. The van der Waals surface area contributed by atoms with Crippen LogP contribution in [-0.4, -0.2) is 6.61 Å². The molecule has 12 heavy (non-hydrogen) atoms. The van der Waals surface area contributed by atoms with Gasteiger partial charge in [-0.05, 0) is 26.0 Å². The van der Waals surface area contributed by atoms with Crippen LogP contribution in [0.1, 0.15) is 32.3 Å². The standard InChI is InChI=1S/C8H12O2.C2H6/c1-3-9-6-8-5-4-7(2)10-8;1-2/h4-5H,3,6H2,1-2H3;1-2H3. The van der Waals surface area contributed by atoms with Crippen LogP contribution in [0, 0.1) is 6.92 Å². The van der Waals surface area contributed by atoms with Gasteiger partial charge in [0, 0.05) is 6.61 Å². The Morgan fingerprint density at radius 2 is 2.00 bits per heavy atom. The van der Waals surface area contributed by atoms with Gasteiger partial charge in [0.05, 0.1) is 0 Å². The molecule has 0 atom stereocenters. The Morgan fingerprint density at radius 3 is 2.42 bits per heavy atom. The summed E-state index contributed by atoms with van der Waals surface area (Å²) in [6.45, 7) is 9.22. The molecule has 0 aliphatic heterocycles. The lowest BCUT2D eigenvalue weighted by Gasteiger charge is -1.94. The molecule has 0 spiro atoms. The molecule has 0 fully saturated rings. The van der Waals surface area contributed by atoms with E-state index in [9.17, 15) is 0 Å². The number of hydrogen-bond donors (Lipinski definition) is 0. The van der Waals surface area contributed by atoms with E-state index in [2.05, 4.69) is 0 Å². The highest BCUT2D eigenvalue weighted by atomic mass is 16.5. The van der Waals surface area contributed by atoms with E-state index in [4.69, 9.17) is 9.15 Å². The maximum absolute atomic E-state index is 5.26. The van der Waals surface area contributed by atoms with Gasteiger partial charge in [0.25, 0.3) is 0 Å². The summed E-state index contributed by atoms with van der Waals surface area (Å²) in [4.78, 5) is 0. The van der Waals surface area contributed by atoms with Crippen molar-refractivity contribution >= 4 is 0 Å². The van der Waals surface area contributed by atoms with E-state index in [1.54, 1.807) is 0 Å². The molecule has 2 heteroatoms. The second kappa shape index (κ2) is 6.92. The predicted molar refractivity (Wildman–Crippen MR) is 50.1 cm³/mol. The normalized spacial score (nSPS) is 9.00. The highest BCUT2D eigenvalue weighted by Gasteiger charge is 1.95. The first-order valence-electron chi connectivity index (χ1n) is 4.46. The second-order valence-electron chi connectivity index (χ2n) is 2.15. The van der Waals surface area contributed by atoms with Crippen molar-refractivity contribution in [2.24, 2.45) is 0 Å². The van der Waals surface area contributed by atoms with Crippen LogP contribution >= 0.6 is 0 Å². The predicted octanol–water partition coefficient (Wildman–Crippen LogP) is 3.15. The molecule has 0 aliphatic carbocycles. The molecule has 0 unspecified atom stereocenters. The Bertz CT molecular complexity index is 191. The second-order valence-corrected chi connectivity index (χ2v) is 2.15. The monoisotopic (exact) mass is 170 g/mol. The van der Waals surface area contributed by atoms with Crippen molar-refractivity contribution in [2.75, 3.05) is 6.61 Å². The summed E-state index contributed by atoms with van der Waals surface area (Å²) >= 11 is 0. The largest absolute Gasteiger partial charge is 0.464 e. The molecule has 1 aromatic heterocycles. The molecule has 1 aromatic rings. The van der Waals surface area contributed by atoms with E-state index in [-0.39, 0.29) is 0 Å². The zero-order valence-corrected chi connectivity index (χ0v) is 8.39. The van der Waals surface area contributed by atoms with Gasteiger partial charge in [0.2, 0.25) is 0 Å². The van der Waals surface area contributed by atoms with Gasteiger partial charge in [-0.1, -0.05) is 13.8 Å². The van der Waals surface area contributed by atoms with Crippen LogP contribution in [0.3, 0.4) is 0 Å². The molecular formula is C10H18O2. The molecule has 1 heterocycles. The van der Waals surface area contributed by atoms with E-state index in [0.29, 0.717) is 6.61 Å². The zero-order valence-electron chi connectivity index (χ0n) is 8.39. The fraction of sp³-hybridized carbons (Fsp3) is 0.600. The molecule has 0 amide bonds. The van der Waals surface area contributed by atoms with Crippen molar-refractivity contribution in [1.82, 2.24) is 0 Å². The van der Waals surface area contributed by atoms with Crippen molar-refractivity contribution in [3.8, 4) is 0 Å². The van der Waals surface area contributed by atoms with Crippen molar-refractivity contribution in [2.45, 2.75) is 34.3 Å². The maximum Gasteiger partial charge on any atom is 0.129 e. The van der Waals surface area contributed by atoms with Gasteiger partial charge in [-0.3, -0.25) is 0 Å². The van der Waals surface area contributed by atoms with E-state index < -0.39 is 0 Å². The van der Waals surface area contributed by atoms with Crippen LogP contribution in [0.15, 0.2) is 16.5 Å². The molecular weight excluding hydrogens is 152 g/mol. The van der Waals surface area contributed by atoms with Gasteiger partial charge in [-0.15, -0.1) is 0 Å². The minimum atomic E-state index is 0.588. The Labute approximate surface area is 74.5 Å². The molecule has 0 saturated carbocycles. The Balaban J connectivity index is 0.000000561. The number of hydrogen-bond acceptors (Lipinski definition) is 2. The molecule has 70 valence electrons. The van der Waals surface area contributed by atoms with Crippen LogP contribution in [0.25, 0.3) is 0 Å². The van der Waals surface area contributed by atoms with Crippen molar-refractivity contribution in [3.05, 3.63) is 23.7 Å². The van der Waals surface area contributed by atoms with Crippen molar-refractivity contribution in [1.29, 1.82) is 0 Å². The topological polar surface area (TPSA) is 22.4 Å². The number of ether oxygens (including phenoxy) is 1. The van der Waals surface area contributed by atoms with Gasteiger partial charge < -0.3 is 9.15 Å². The quantitative estimate of drug-likeness (QED) is 0.695. The third kappa shape index (κ3) is 4.19. The maximum atomic E-state index is 5.26. The van der Waals surface area contributed by atoms with E-state index in [1.807, 2.05) is 39.8 Å². The van der Waals surface area contributed by atoms with Crippen LogP contribution in [-0.2, 0) is 11.3 Å². The lowest BCUT2D eigenvalue weighted by Crippen LogP contribution is -1.88. The molecule has 1 rings (SSSR count). The molecule has 0 aromatic carbocycles. The van der Waals surface area contributed by atoms with E-state index in [0.717, 1.165) is 18.1 Å².